The fraction of sp³-hybridized carbons (Fsp3) is 0.182. The molecular formula is C11H10Cl2N2O3. The topological polar surface area (TPSA) is 72.2 Å². The first-order chi connectivity index (χ1) is 8.36. The summed E-state index contributed by atoms with van der Waals surface area (Å²) in [4.78, 5) is 21.9. The first-order valence-electron chi connectivity index (χ1n) is 4.93. The molecule has 0 heterocycles. The molecule has 0 spiro atoms. The van der Waals surface area contributed by atoms with Crippen molar-refractivity contribution in [3.63, 3.8) is 0 Å². The molecular weight excluding hydrogens is 279 g/mol. The van der Waals surface area contributed by atoms with Crippen LogP contribution in [0.4, 0.5) is 5.69 Å². The Hall–Kier alpha value is -1.59. The molecule has 0 aliphatic rings. The van der Waals surface area contributed by atoms with Gasteiger partial charge < -0.3 is 5.32 Å². The average molecular weight is 289 g/mol. The highest BCUT2D eigenvalue weighted by Crippen LogP contribution is 2.30. The van der Waals surface area contributed by atoms with Crippen molar-refractivity contribution < 1.29 is 9.72 Å². The predicted octanol–water partition coefficient (Wildman–Crippen LogP) is 3.21. The van der Waals surface area contributed by atoms with Crippen LogP contribution in [0, 0.1) is 10.1 Å². The number of halogens is 2. The molecule has 0 bridgehead atoms. The van der Waals surface area contributed by atoms with Gasteiger partial charge in [0, 0.05) is 18.2 Å². The van der Waals surface area contributed by atoms with Crippen LogP contribution in [0.2, 0.25) is 10.0 Å². The number of amides is 1. The number of nitro benzene ring substituents is 1. The zero-order chi connectivity index (χ0) is 13.9. The lowest BCUT2D eigenvalue weighted by Crippen LogP contribution is -2.31. The van der Waals surface area contributed by atoms with Gasteiger partial charge in [-0.15, -0.1) is 6.58 Å². The van der Waals surface area contributed by atoms with Gasteiger partial charge in [0.15, 0.2) is 0 Å². The summed E-state index contributed by atoms with van der Waals surface area (Å²) in [6.07, 6.45) is 1.52. The lowest BCUT2D eigenvalue weighted by Gasteiger charge is -2.10. The number of nitrogens with zero attached hydrogens (tertiary/aromatic N) is 1. The lowest BCUT2D eigenvalue weighted by molar-refractivity contribution is -0.384. The monoisotopic (exact) mass is 288 g/mol. The molecule has 1 rings (SSSR count). The molecule has 0 aromatic heterocycles. The summed E-state index contributed by atoms with van der Waals surface area (Å²) in [5, 5.41) is 13.2. The first kappa shape index (κ1) is 14.5. The van der Waals surface area contributed by atoms with Gasteiger partial charge in [-0.3, -0.25) is 14.9 Å². The Bertz CT molecular complexity index is 517. The van der Waals surface area contributed by atoms with Crippen LogP contribution in [-0.4, -0.2) is 16.9 Å². The highest BCUT2D eigenvalue weighted by atomic mass is 35.5. The SMILES string of the molecule is C=CC(C)NC(=O)c1cc([N+](=O)[O-])cc(Cl)c1Cl. The second-order valence-electron chi connectivity index (χ2n) is 3.54. The Morgan fingerprint density at radius 3 is 2.67 bits per heavy atom. The predicted molar refractivity (Wildman–Crippen MR) is 70.2 cm³/mol. The maximum absolute atomic E-state index is 11.8. The molecule has 1 aromatic carbocycles. The molecule has 1 N–H and O–H groups in total. The number of carbonyl (C=O) groups excluding carboxylic acids is 1. The molecule has 0 saturated carbocycles. The van der Waals surface area contributed by atoms with Gasteiger partial charge in [0.1, 0.15) is 0 Å². The minimum absolute atomic E-state index is 0.0176. The van der Waals surface area contributed by atoms with Gasteiger partial charge in [0.05, 0.1) is 20.5 Å². The smallest absolute Gasteiger partial charge is 0.271 e. The average Bonchev–Trinajstić information content (AvgIpc) is 2.31. The van der Waals surface area contributed by atoms with E-state index in [2.05, 4.69) is 11.9 Å². The summed E-state index contributed by atoms with van der Waals surface area (Å²) in [5.41, 5.74) is -0.328. The van der Waals surface area contributed by atoms with E-state index in [1.54, 1.807) is 6.92 Å². The van der Waals surface area contributed by atoms with Crippen LogP contribution < -0.4 is 5.32 Å². The van der Waals surface area contributed by atoms with Crippen LogP contribution in [0.25, 0.3) is 0 Å². The van der Waals surface area contributed by atoms with E-state index in [0.29, 0.717) is 0 Å². The van der Waals surface area contributed by atoms with E-state index in [0.717, 1.165) is 12.1 Å². The molecule has 0 radical (unpaired) electrons. The molecule has 5 nitrogen and oxygen atoms in total. The maximum Gasteiger partial charge on any atom is 0.271 e. The van der Waals surface area contributed by atoms with Crippen molar-refractivity contribution in [2.75, 3.05) is 0 Å². The quantitative estimate of drug-likeness (QED) is 0.525. The van der Waals surface area contributed by atoms with E-state index < -0.39 is 10.8 Å². The van der Waals surface area contributed by atoms with Crippen molar-refractivity contribution in [1.29, 1.82) is 0 Å². The number of hydrogen-bond donors (Lipinski definition) is 1. The third kappa shape index (κ3) is 3.21. The number of non-ortho nitro benzene ring substituents is 1. The van der Waals surface area contributed by atoms with Gasteiger partial charge in [-0.05, 0) is 6.92 Å². The lowest BCUT2D eigenvalue weighted by atomic mass is 10.1. The molecule has 0 aliphatic heterocycles. The summed E-state index contributed by atoms with van der Waals surface area (Å²) >= 11 is 11.6. The highest BCUT2D eigenvalue weighted by molar-refractivity contribution is 6.44. The Kier molecular flexibility index (Phi) is 4.69. The van der Waals surface area contributed by atoms with Crippen LogP contribution >= 0.6 is 23.2 Å². The maximum atomic E-state index is 11.8. The standard InChI is InChI=1S/C11H10Cl2N2O3/c1-3-6(2)14-11(16)8-4-7(15(17)18)5-9(12)10(8)13/h3-6H,1H2,2H3,(H,14,16). The van der Waals surface area contributed by atoms with Crippen molar-refractivity contribution in [2.45, 2.75) is 13.0 Å². The summed E-state index contributed by atoms with van der Waals surface area (Å²) < 4.78 is 0. The van der Waals surface area contributed by atoms with Crippen molar-refractivity contribution >= 4 is 34.8 Å². The zero-order valence-electron chi connectivity index (χ0n) is 9.44. The number of benzene rings is 1. The zero-order valence-corrected chi connectivity index (χ0v) is 11.0. The molecule has 1 amide bonds. The van der Waals surface area contributed by atoms with E-state index in [1.807, 2.05) is 0 Å². The normalized spacial score (nSPS) is 11.7. The van der Waals surface area contributed by atoms with E-state index in [4.69, 9.17) is 23.2 Å². The molecule has 1 unspecified atom stereocenters. The second kappa shape index (κ2) is 5.84. The second-order valence-corrected chi connectivity index (χ2v) is 4.33. The summed E-state index contributed by atoms with van der Waals surface area (Å²) in [6.45, 7) is 5.22. The van der Waals surface area contributed by atoms with E-state index in [-0.39, 0.29) is 27.3 Å². The number of carbonyl (C=O) groups is 1. The van der Waals surface area contributed by atoms with Crippen LogP contribution in [0.5, 0.6) is 0 Å². The van der Waals surface area contributed by atoms with E-state index in [1.165, 1.54) is 6.08 Å². The van der Waals surface area contributed by atoms with Gasteiger partial charge in [-0.2, -0.15) is 0 Å². The molecule has 1 atom stereocenters. The van der Waals surface area contributed by atoms with Crippen LogP contribution in [0.3, 0.4) is 0 Å². The minimum Gasteiger partial charge on any atom is -0.346 e. The van der Waals surface area contributed by atoms with Crippen LogP contribution in [0.1, 0.15) is 17.3 Å². The molecule has 1 aromatic rings. The summed E-state index contributed by atoms with van der Waals surface area (Å²) in [5.74, 6) is -0.544. The van der Waals surface area contributed by atoms with Crippen molar-refractivity contribution in [3.05, 3.63) is 50.5 Å². The Balaban J connectivity index is 3.18. The van der Waals surface area contributed by atoms with Crippen LogP contribution in [-0.2, 0) is 0 Å². The largest absolute Gasteiger partial charge is 0.346 e. The number of nitrogens with one attached hydrogen (secondary N) is 1. The Labute approximate surface area is 114 Å². The van der Waals surface area contributed by atoms with Gasteiger partial charge in [-0.25, -0.2) is 0 Å². The van der Waals surface area contributed by atoms with Gasteiger partial charge >= 0.3 is 0 Å². The van der Waals surface area contributed by atoms with Crippen LogP contribution in [0.15, 0.2) is 24.8 Å². The van der Waals surface area contributed by atoms with E-state index >= 15 is 0 Å². The molecule has 18 heavy (non-hydrogen) atoms. The van der Waals surface area contributed by atoms with Crippen molar-refractivity contribution in [3.8, 4) is 0 Å². The molecule has 0 saturated heterocycles. The van der Waals surface area contributed by atoms with Crippen molar-refractivity contribution in [1.82, 2.24) is 5.32 Å². The summed E-state index contributed by atoms with van der Waals surface area (Å²) in [6, 6.07) is 1.89. The molecule has 0 fully saturated rings. The minimum atomic E-state index is -0.643. The Morgan fingerprint density at radius 2 is 2.17 bits per heavy atom. The number of rotatable bonds is 4. The Morgan fingerprint density at radius 1 is 1.56 bits per heavy atom. The number of nitro groups is 1. The highest BCUT2D eigenvalue weighted by Gasteiger charge is 2.19. The molecule has 0 aliphatic carbocycles. The third-order valence-electron chi connectivity index (χ3n) is 2.18. The molecule has 96 valence electrons. The van der Waals surface area contributed by atoms with Crippen molar-refractivity contribution in [2.24, 2.45) is 0 Å². The van der Waals surface area contributed by atoms with Gasteiger partial charge in [0.2, 0.25) is 0 Å². The fourth-order valence-electron chi connectivity index (χ4n) is 1.19. The summed E-state index contributed by atoms with van der Waals surface area (Å²) in [7, 11) is 0. The van der Waals surface area contributed by atoms with E-state index in [9.17, 15) is 14.9 Å². The fourth-order valence-corrected chi connectivity index (χ4v) is 1.60. The number of hydrogen-bond acceptors (Lipinski definition) is 3. The third-order valence-corrected chi connectivity index (χ3v) is 2.98. The van der Waals surface area contributed by atoms with Gasteiger partial charge in [0.25, 0.3) is 11.6 Å². The first-order valence-corrected chi connectivity index (χ1v) is 5.69. The molecule has 7 heteroatoms. The van der Waals surface area contributed by atoms with Gasteiger partial charge in [-0.1, -0.05) is 29.3 Å².